The fourth-order valence-electron chi connectivity index (χ4n) is 1.81. The largest absolute Gasteiger partial charge is 0.455 e. The zero-order valence-electron chi connectivity index (χ0n) is 10.3. The van der Waals surface area contributed by atoms with Gasteiger partial charge in [-0.2, -0.15) is 0 Å². The minimum absolute atomic E-state index is 0.0464. The van der Waals surface area contributed by atoms with Crippen LogP contribution < -0.4 is 4.74 Å². The van der Waals surface area contributed by atoms with Crippen molar-refractivity contribution in [1.29, 1.82) is 0 Å². The lowest BCUT2D eigenvalue weighted by molar-refractivity contribution is -0.0247. The van der Waals surface area contributed by atoms with Crippen molar-refractivity contribution in [3.8, 4) is 11.5 Å². The predicted octanol–water partition coefficient (Wildman–Crippen LogP) is 4.27. The van der Waals surface area contributed by atoms with E-state index >= 15 is 0 Å². The number of benzene rings is 2. The molecule has 5 heteroatoms. The Morgan fingerprint density at radius 2 is 1.75 bits per heavy atom. The van der Waals surface area contributed by atoms with E-state index in [-0.39, 0.29) is 5.75 Å². The van der Waals surface area contributed by atoms with Crippen LogP contribution in [0.2, 0.25) is 0 Å². The molecule has 0 bridgehead atoms. The van der Waals surface area contributed by atoms with Crippen LogP contribution in [0.15, 0.2) is 55.0 Å². The molecule has 0 amide bonds. The van der Waals surface area contributed by atoms with Gasteiger partial charge in [-0.05, 0) is 24.3 Å². The van der Waals surface area contributed by atoms with Gasteiger partial charge in [0.1, 0.15) is 24.1 Å². The molecule has 0 radical (unpaired) electrons. The minimum atomic E-state index is -0.759. The molecular formula is C15H10F2O3. The lowest BCUT2D eigenvalue weighted by Crippen LogP contribution is -1.98. The molecule has 1 aliphatic rings. The molecule has 3 nitrogen and oxygen atoms in total. The summed E-state index contributed by atoms with van der Waals surface area (Å²) in [5.41, 5.74) is 0.731. The molecule has 0 aromatic heterocycles. The Balaban J connectivity index is 1.82. The highest BCUT2D eigenvalue weighted by atomic mass is 19.1. The molecule has 0 N–H and O–H groups in total. The van der Waals surface area contributed by atoms with E-state index < -0.39 is 17.9 Å². The molecule has 0 saturated carbocycles. The summed E-state index contributed by atoms with van der Waals surface area (Å²) >= 11 is 0. The van der Waals surface area contributed by atoms with Gasteiger partial charge in [-0.1, -0.05) is 12.1 Å². The molecule has 102 valence electrons. The van der Waals surface area contributed by atoms with Crippen LogP contribution in [0, 0.1) is 11.6 Å². The Kier molecular flexibility index (Phi) is 3.25. The second-order valence-electron chi connectivity index (χ2n) is 4.13. The normalized spacial score (nSPS) is 13.9. The van der Waals surface area contributed by atoms with Crippen LogP contribution in [0.1, 0.15) is 11.9 Å². The van der Waals surface area contributed by atoms with Gasteiger partial charge in [0.05, 0.1) is 0 Å². The molecule has 2 aromatic rings. The van der Waals surface area contributed by atoms with E-state index in [9.17, 15) is 8.78 Å². The Labute approximate surface area is 114 Å². The fraction of sp³-hybridized carbons (Fsp3) is 0.0667. The summed E-state index contributed by atoms with van der Waals surface area (Å²) in [6.45, 7) is 0. The highest BCUT2D eigenvalue weighted by molar-refractivity contribution is 5.35. The van der Waals surface area contributed by atoms with Gasteiger partial charge in [-0.3, -0.25) is 0 Å². The number of rotatable bonds is 3. The summed E-state index contributed by atoms with van der Waals surface area (Å²) in [5, 5.41) is 0. The van der Waals surface area contributed by atoms with E-state index in [1.54, 1.807) is 24.3 Å². The summed E-state index contributed by atoms with van der Waals surface area (Å²) in [6, 6.07) is 10.0. The van der Waals surface area contributed by atoms with Crippen LogP contribution in [0.3, 0.4) is 0 Å². The van der Waals surface area contributed by atoms with Gasteiger partial charge in [0.2, 0.25) is 0 Å². The van der Waals surface area contributed by atoms with Gasteiger partial charge in [0, 0.05) is 11.6 Å². The van der Waals surface area contributed by atoms with E-state index in [2.05, 4.69) is 0 Å². The van der Waals surface area contributed by atoms with Gasteiger partial charge < -0.3 is 14.2 Å². The molecule has 0 fully saturated rings. The average Bonchev–Trinajstić information content (AvgIpc) is 2.96. The molecule has 3 rings (SSSR count). The smallest absolute Gasteiger partial charge is 0.266 e. The standard InChI is InChI=1S/C15H10F2O3/c16-11-4-5-14(13(17)9-11)20-12-3-1-2-10(8-12)15-18-6-7-19-15/h1-9,15H. The molecule has 1 heterocycles. The van der Waals surface area contributed by atoms with Crippen LogP contribution in [-0.4, -0.2) is 0 Å². The van der Waals surface area contributed by atoms with Gasteiger partial charge in [-0.15, -0.1) is 0 Å². The molecule has 0 unspecified atom stereocenters. The summed E-state index contributed by atoms with van der Waals surface area (Å²) in [7, 11) is 0. The Morgan fingerprint density at radius 3 is 2.50 bits per heavy atom. The van der Waals surface area contributed by atoms with Crippen molar-refractivity contribution in [3.05, 3.63) is 72.2 Å². The first-order valence-corrected chi connectivity index (χ1v) is 5.91. The number of halogens is 2. The zero-order chi connectivity index (χ0) is 13.9. The third kappa shape index (κ3) is 2.56. The number of hydrogen-bond donors (Lipinski definition) is 0. The first-order chi connectivity index (χ1) is 9.72. The first-order valence-electron chi connectivity index (χ1n) is 5.91. The van der Waals surface area contributed by atoms with Gasteiger partial charge in [0.15, 0.2) is 11.6 Å². The molecule has 1 aliphatic heterocycles. The summed E-state index contributed by atoms with van der Waals surface area (Å²) in [5.74, 6) is -1.05. The second kappa shape index (κ2) is 5.21. The van der Waals surface area contributed by atoms with Crippen molar-refractivity contribution >= 4 is 0 Å². The van der Waals surface area contributed by atoms with E-state index in [0.717, 1.165) is 17.7 Å². The summed E-state index contributed by atoms with van der Waals surface area (Å²) in [4.78, 5) is 0. The monoisotopic (exact) mass is 276 g/mol. The lowest BCUT2D eigenvalue weighted by Gasteiger charge is -2.12. The van der Waals surface area contributed by atoms with Crippen LogP contribution in [0.4, 0.5) is 8.78 Å². The van der Waals surface area contributed by atoms with Crippen molar-refractivity contribution in [2.45, 2.75) is 6.29 Å². The second-order valence-corrected chi connectivity index (χ2v) is 4.13. The lowest BCUT2D eigenvalue weighted by atomic mass is 10.2. The topological polar surface area (TPSA) is 27.7 Å². The van der Waals surface area contributed by atoms with E-state index in [0.29, 0.717) is 5.75 Å². The zero-order valence-corrected chi connectivity index (χ0v) is 10.3. The van der Waals surface area contributed by atoms with Gasteiger partial charge >= 0.3 is 0 Å². The van der Waals surface area contributed by atoms with Gasteiger partial charge in [0.25, 0.3) is 6.29 Å². The number of ether oxygens (including phenoxy) is 3. The summed E-state index contributed by atoms with van der Waals surface area (Å²) < 4.78 is 42.1. The Morgan fingerprint density at radius 1 is 0.950 bits per heavy atom. The predicted molar refractivity (Wildman–Crippen MR) is 66.9 cm³/mol. The third-order valence-electron chi connectivity index (χ3n) is 2.71. The quantitative estimate of drug-likeness (QED) is 0.837. The van der Waals surface area contributed by atoms with Gasteiger partial charge in [-0.25, -0.2) is 8.78 Å². The molecule has 0 aliphatic carbocycles. The van der Waals surface area contributed by atoms with E-state index in [4.69, 9.17) is 14.2 Å². The van der Waals surface area contributed by atoms with E-state index in [1.807, 2.05) is 0 Å². The van der Waals surface area contributed by atoms with Crippen LogP contribution >= 0.6 is 0 Å². The molecule has 0 saturated heterocycles. The molecular weight excluding hydrogens is 266 g/mol. The van der Waals surface area contributed by atoms with Crippen molar-refractivity contribution in [1.82, 2.24) is 0 Å². The SMILES string of the molecule is Fc1ccc(Oc2cccc(C3OC=CO3)c2)c(F)c1. The Bertz CT molecular complexity index is 647. The van der Waals surface area contributed by atoms with Crippen LogP contribution in [-0.2, 0) is 9.47 Å². The number of hydrogen-bond acceptors (Lipinski definition) is 3. The van der Waals surface area contributed by atoms with Crippen molar-refractivity contribution in [2.75, 3.05) is 0 Å². The Hall–Kier alpha value is -2.56. The summed E-state index contributed by atoms with van der Waals surface area (Å²) in [6.07, 6.45) is 2.35. The third-order valence-corrected chi connectivity index (χ3v) is 2.71. The highest BCUT2D eigenvalue weighted by Gasteiger charge is 2.16. The average molecular weight is 276 g/mol. The van der Waals surface area contributed by atoms with Crippen molar-refractivity contribution in [2.24, 2.45) is 0 Å². The molecule has 2 aromatic carbocycles. The maximum Gasteiger partial charge on any atom is 0.266 e. The maximum atomic E-state index is 13.5. The first kappa shape index (κ1) is 12.5. The maximum absolute atomic E-state index is 13.5. The van der Waals surface area contributed by atoms with E-state index in [1.165, 1.54) is 18.6 Å². The van der Waals surface area contributed by atoms with Crippen LogP contribution in [0.25, 0.3) is 0 Å². The molecule has 0 atom stereocenters. The minimum Gasteiger partial charge on any atom is -0.455 e. The van der Waals surface area contributed by atoms with Crippen molar-refractivity contribution in [3.63, 3.8) is 0 Å². The van der Waals surface area contributed by atoms with Crippen LogP contribution in [0.5, 0.6) is 11.5 Å². The molecule has 0 spiro atoms. The molecule has 20 heavy (non-hydrogen) atoms. The van der Waals surface area contributed by atoms with Crippen molar-refractivity contribution < 1.29 is 23.0 Å². The fourth-order valence-corrected chi connectivity index (χ4v) is 1.81. The highest BCUT2D eigenvalue weighted by Crippen LogP contribution is 2.30.